The molecule has 3 nitrogen and oxygen atoms in total. The first-order valence-corrected chi connectivity index (χ1v) is 5.63. The molecule has 2 rings (SSSR count). The summed E-state index contributed by atoms with van der Waals surface area (Å²) in [7, 11) is 0. The molecule has 1 aromatic heterocycles. The quantitative estimate of drug-likeness (QED) is 0.882. The summed E-state index contributed by atoms with van der Waals surface area (Å²) in [6.07, 6.45) is 2.42. The summed E-state index contributed by atoms with van der Waals surface area (Å²) in [6.45, 7) is 4.46. The van der Waals surface area contributed by atoms with Crippen LogP contribution in [0.2, 0.25) is 0 Å². The zero-order chi connectivity index (χ0) is 12.4. The third-order valence-electron chi connectivity index (χ3n) is 2.97. The first kappa shape index (κ1) is 11.8. The Labute approximate surface area is 100 Å². The molecule has 0 amide bonds. The second-order valence-electron chi connectivity index (χ2n) is 4.10. The van der Waals surface area contributed by atoms with Gasteiger partial charge in [-0.3, -0.25) is 0 Å². The molecule has 1 aromatic carbocycles. The molecule has 2 aromatic rings. The van der Waals surface area contributed by atoms with E-state index in [1.807, 2.05) is 18.4 Å². The SMILES string of the molecule is Cc1ncn(-c2ccc(F)cc2CCN)c1C. The number of nitrogens with two attached hydrogens (primary N) is 1. The number of nitrogens with zero attached hydrogens (tertiary/aromatic N) is 2. The van der Waals surface area contributed by atoms with Gasteiger partial charge in [0.1, 0.15) is 5.82 Å². The zero-order valence-electron chi connectivity index (χ0n) is 10.1. The van der Waals surface area contributed by atoms with Gasteiger partial charge in [0.05, 0.1) is 17.7 Å². The van der Waals surface area contributed by atoms with Crippen molar-refractivity contribution in [3.8, 4) is 5.69 Å². The lowest BCUT2D eigenvalue weighted by atomic mass is 10.1. The number of imidazole rings is 1. The number of benzene rings is 1. The van der Waals surface area contributed by atoms with E-state index >= 15 is 0 Å². The number of aryl methyl sites for hydroxylation is 1. The van der Waals surface area contributed by atoms with E-state index < -0.39 is 0 Å². The molecule has 0 atom stereocenters. The highest BCUT2D eigenvalue weighted by atomic mass is 19.1. The second kappa shape index (κ2) is 4.67. The molecule has 1 heterocycles. The standard InChI is InChI=1S/C13H16FN3/c1-9-10(2)17(8-16-9)13-4-3-12(14)7-11(13)5-6-15/h3-4,7-8H,5-6,15H2,1-2H3. The third-order valence-corrected chi connectivity index (χ3v) is 2.97. The van der Waals surface area contributed by atoms with E-state index in [2.05, 4.69) is 4.98 Å². The first-order valence-electron chi connectivity index (χ1n) is 5.63. The molecule has 0 aliphatic rings. The van der Waals surface area contributed by atoms with Gasteiger partial charge < -0.3 is 10.3 Å². The van der Waals surface area contributed by atoms with Gasteiger partial charge in [-0.2, -0.15) is 0 Å². The Morgan fingerprint density at radius 2 is 2.12 bits per heavy atom. The maximum Gasteiger partial charge on any atom is 0.123 e. The first-order chi connectivity index (χ1) is 8.13. The van der Waals surface area contributed by atoms with Crippen LogP contribution in [0.15, 0.2) is 24.5 Å². The number of halogens is 1. The van der Waals surface area contributed by atoms with Crippen molar-refractivity contribution in [3.63, 3.8) is 0 Å². The Kier molecular flexibility index (Phi) is 3.24. The van der Waals surface area contributed by atoms with Gasteiger partial charge in [-0.15, -0.1) is 0 Å². The van der Waals surface area contributed by atoms with Crippen molar-refractivity contribution in [2.45, 2.75) is 20.3 Å². The van der Waals surface area contributed by atoms with Crippen LogP contribution in [0.3, 0.4) is 0 Å². The molecular formula is C13H16FN3. The highest BCUT2D eigenvalue weighted by molar-refractivity contribution is 5.43. The predicted octanol–water partition coefficient (Wildman–Crippen LogP) is 2.13. The Morgan fingerprint density at radius 1 is 1.35 bits per heavy atom. The van der Waals surface area contributed by atoms with Crippen LogP contribution in [-0.4, -0.2) is 16.1 Å². The van der Waals surface area contributed by atoms with Crippen LogP contribution in [0, 0.1) is 19.7 Å². The molecule has 0 bridgehead atoms. The average molecular weight is 233 g/mol. The van der Waals surface area contributed by atoms with Crippen molar-refractivity contribution < 1.29 is 4.39 Å². The average Bonchev–Trinajstić information content (AvgIpc) is 2.61. The number of hydrogen-bond donors (Lipinski definition) is 1. The van der Waals surface area contributed by atoms with E-state index in [0.29, 0.717) is 13.0 Å². The van der Waals surface area contributed by atoms with Crippen LogP contribution < -0.4 is 5.73 Å². The fourth-order valence-electron chi connectivity index (χ4n) is 1.89. The van der Waals surface area contributed by atoms with E-state index in [9.17, 15) is 4.39 Å². The lowest BCUT2D eigenvalue weighted by molar-refractivity contribution is 0.624. The number of hydrogen-bond acceptors (Lipinski definition) is 2. The van der Waals surface area contributed by atoms with Crippen LogP contribution in [0.4, 0.5) is 4.39 Å². The zero-order valence-corrected chi connectivity index (χ0v) is 10.1. The lowest BCUT2D eigenvalue weighted by Gasteiger charge is -2.11. The lowest BCUT2D eigenvalue weighted by Crippen LogP contribution is -2.07. The molecule has 0 radical (unpaired) electrons. The second-order valence-corrected chi connectivity index (χ2v) is 4.10. The number of aromatic nitrogens is 2. The highest BCUT2D eigenvalue weighted by Gasteiger charge is 2.09. The molecule has 17 heavy (non-hydrogen) atoms. The Bertz CT molecular complexity index is 531. The molecule has 0 fully saturated rings. The van der Waals surface area contributed by atoms with Gasteiger partial charge in [-0.25, -0.2) is 9.37 Å². The predicted molar refractivity (Wildman–Crippen MR) is 65.8 cm³/mol. The van der Waals surface area contributed by atoms with Crippen molar-refractivity contribution in [3.05, 3.63) is 47.3 Å². The summed E-state index contributed by atoms with van der Waals surface area (Å²) in [5.74, 6) is -0.230. The van der Waals surface area contributed by atoms with Crippen LogP contribution in [0.1, 0.15) is 17.0 Å². The number of rotatable bonds is 3. The Morgan fingerprint density at radius 3 is 2.71 bits per heavy atom. The minimum absolute atomic E-state index is 0.230. The maximum atomic E-state index is 13.2. The fraction of sp³-hybridized carbons (Fsp3) is 0.308. The molecule has 4 heteroatoms. The summed E-state index contributed by atoms with van der Waals surface area (Å²) < 4.78 is 15.2. The van der Waals surface area contributed by atoms with Gasteiger partial charge >= 0.3 is 0 Å². The van der Waals surface area contributed by atoms with Gasteiger partial charge in [0, 0.05) is 5.69 Å². The van der Waals surface area contributed by atoms with Crippen LogP contribution >= 0.6 is 0 Å². The van der Waals surface area contributed by atoms with E-state index in [0.717, 1.165) is 22.6 Å². The molecule has 0 unspecified atom stereocenters. The summed E-state index contributed by atoms with van der Waals surface area (Å²) in [4.78, 5) is 4.25. The molecular weight excluding hydrogens is 217 g/mol. The summed E-state index contributed by atoms with van der Waals surface area (Å²) in [5.41, 5.74) is 9.46. The highest BCUT2D eigenvalue weighted by Crippen LogP contribution is 2.19. The van der Waals surface area contributed by atoms with E-state index in [1.54, 1.807) is 12.4 Å². The third kappa shape index (κ3) is 2.22. The van der Waals surface area contributed by atoms with Gasteiger partial charge in [0.15, 0.2) is 0 Å². The van der Waals surface area contributed by atoms with Crippen molar-refractivity contribution in [2.24, 2.45) is 5.73 Å². The maximum absolute atomic E-state index is 13.2. The van der Waals surface area contributed by atoms with Crippen LogP contribution in [0.5, 0.6) is 0 Å². The molecule has 0 saturated heterocycles. The molecule has 2 N–H and O–H groups in total. The molecule has 0 aliphatic heterocycles. The van der Waals surface area contributed by atoms with Gasteiger partial charge in [0.25, 0.3) is 0 Å². The summed E-state index contributed by atoms with van der Waals surface area (Å²) >= 11 is 0. The van der Waals surface area contributed by atoms with E-state index in [4.69, 9.17) is 5.73 Å². The minimum atomic E-state index is -0.230. The molecule has 90 valence electrons. The summed E-state index contributed by atoms with van der Waals surface area (Å²) in [6, 6.07) is 4.77. The smallest absolute Gasteiger partial charge is 0.123 e. The van der Waals surface area contributed by atoms with Crippen molar-refractivity contribution in [1.29, 1.82) is 0 Å². The van der Waals surface area contributed by atoms with Crippen molar-refractivity contribution in [1.82, 2.24) is 9.55 Å². The van der Waals surface area contributed by atoms with Gasteiger partial charge in [0.2, 0.25) is 0 Å². The van der Waals surface area contributed by atoms with Gasteiger partial charge in [-0.1, -0.05) is 0 Å². The monoisotopic (exact) mass is 233 g/mol. The molecule has 0 saturated carbocycles. The minimum Gasteiger partial charge on any atom is -0.330 e. The van der Waals surface area contributed by atoms with E-state index in [-0.39, 0.29) is 5.82 Å². The van der Waals surface area contributed by atoms with E-state index in [1.165, 1.54) is 12.1 Å². The topological polar surface area (TPSA) is 43.8 Å². The fourth-order valence-corrected chi connectivity index (χ4v) is 1.89. The Hall–Kier alpha value is -1.68. The van der Waals surface area contributed by atoms with Crippen LogP contribution in [-0.2, 0) is 6.42 Å². The Balaban J connectivity index is 2.54. The molecule has 0 spiro atoms. The molecule has 0 aliphatic carbocycles. The largest absolute Gasteiger partial charge is 0.330 e. The normalized spacial score (nSPS) is 10.8. The summed E-state index contributed by atoms with van der Waals surface area (Å²) in [5, 5.41) is 0. The van der Waals surface area contributed by atoms with Crippen molar-refractivity contribution in [2.75, 3.05) is 6.54 Å². The van der Waals surface area contributed by atoms with Gasteiger partial charge in [-0.05, 0) is 50.6 Å². The van der Waals surface area contributed by atoms with Crippen molar-refractivity contribution >= 4 is 0 Å². The van der Waals surface area contributed by atoms with Crippen LogP contribution in [0.25, 0.3) is 5.69 Å².